The third kappa shape index (κ3) is 3.72. The molecule has 6 heteroatoms. The number of H-pyrrole nitrogens is 1. The van der Waals surface area contributed by atoms with E-state index in [9.17, 15) is 14.7 Å². The van der Waals surface area contributed by atoms with Crippen molar-refractivity contribution >= 4 is 6.21 Å². The van der Waals surface area contributed by atoms with Crippen LogP contribution in [0.3, 0.4) is 0 Å². The molecule has 0 radical (unpaired) electrons. The maximum Gasteiger partial charge on any atom is 0.331 e. The minimum absolute atomic E-state index is 0.00614. The number of aromatic nitrogens is 2. The van der Waals surface area contributed by atoms with Crippen LogP contribution in [-0.4, -0.2) is 27.4 Å². The van der Waals surface area contributed by atoms with E-state index >= 15 is 0 Å². The second-order valence-electron chi connectivity index (χ2n) is 4.96. The molecule has 0 aliphatic carbocycles. The Labute approximate surface area is 127 Å². The molecule has 2 rings (SSSR count). The second-order valence-corrected chi connectivity index (χ2v) is 4.96. The summed E-state index contributed by atoms with van der Waals surface area (Å²) >= 11 is 0. The summed E-state index contributed by atoms with van der Waals surface area (Å²) in [5, 5.41) is 10.2. The quantitative estimate of drug-likeness (QED) is 0.626. The SMILES string of the molecule is CCCCN=Cc1c(O)n(Cc2ccccc2)c(=O)[nH]c1=O. The molecule has 1 heterocycles. The molecule has 0 spiro atoms. The molecule has 116 valence electrons. The fourth-order valence-electron chi connectivity index (χ4n) is 2.01. The van der Waals surface area contributed by atoms with Gasteiger partial charge in [-0.3, -0.25) is 19.3 Å². The molecule has 0 aliphatic heterocycles. The van der Waals surface area contributed by atoms with Crippen LogP contribution in [0.15, 0.2) is 44.9 Å². The van der Waals surface area contributed by atoms with Crippen LogP contribution in [-0.2, 0) is 6.54 Å². The van der Waals surface area contributed by atoms with E-state index in [0.29, 0.717) is 6.54 Å². The lowest BCUT2D eigenvalue weighted by Crippen LogP contribution is -2.32. The zero-order chi connectivity index (χ0) is 15.9. The monoisotopic (exact) mass is 301 g/mol. The Morgan fingerprint density at radius 1 is 1.27 bits per heavy atom. The predicted octanol–water partition coefficient (Wildman–Crippen LogP) is 1.51. The lowest BCUT2D eigenvalue weighted by molar-refractivity contribution is 0.408. The van der Waals surface area contributed by atoms with Gasteiger partial charge in [0.15, 0.2) is 0 Å². The molecule has 0 amide bonds. The molecule has 0 unspecified atom stereocenters. The van der Waals surface area contributed by atoms with E-state index in [4.69, 9.17) is 0 Å². The predicted molar refractivity (Wildman–Crippen MR) is 85.9 cm³/mol. The molecule has 0 saturated heterocycles. The van der Waals surface area contributed by atoms with Crippen molar-refractivity contribution in [3.63, 3.8) is 0 Å². The second kappa shape index (κ2) is 7.40. The fraction of sp³-hybridized carbons (Fsp3) is 0.312. The summed E-state index contributed by atoms with van der Waals surface area (Å²) in [6.07, 6.45) is 3.22. The van der Waals surface area contributed by atoms with Gasteiger partial charge in [-0.15, -0.1) is 0 Å². The van der Waals surface area contributed by atoms with Gasteiger partial charge in [-0.1, -0.05) is 43.7 Å². The Balaban J connectivity index is 2.36. The van der Waals surface area contributed by atoms with Crippen LogP contribution in [0.1, 0.15) is 30.9 Å². The average molecular weight is 301 g/mol. The van der Waals surface area contributed by atoms with Crippen LogP contribution < -0.4 is 11.2 Å². The van der Waals surface area contributed by atoms with E-state index in [1.807, 2.05) is 37.3 Å². The molecule has 0 atom stereocenters. The summed E-state index contributed by atoms with van der Waals surface area (Å²) in [6.45, 7) is 2.80. The molecule has 1 aromatic carbocycles. The van der Waals surface area contributed by atoms with Crippen molar-refractivity contribution in [1.29, 1.82) is 0 Å². The summed E-state index contributed by atoms with van der Waals surface area (Å²) in [5.74, 6) is -0.363. The van der Waals surface area contributed by atoms with Crippen molar-refractivity contribution in [2.45, 2.75) is 26.3 Å². The van der Waals surface area contributed by atoms with Gasteiger partial charge in [-0.25, -0.2) is 4.79 Å². The number of aliphatic imine (C=N–C) groups is 1. The highest BCUT2D eigenvalue weighted by Gasteiger charge is 2.12. The molecule has 2 aromatic rings. The smallest absolute Gasteiger partial charge is 0.331 e. The Morgan fingerprint density at radius 3 is 2.68 bits per heavy atom. The van der Waals surface area contributed by atoms with Crippen molar-refractivity contribution < 1.29 is 5.11 Å². The Morgan fingerprint density at radius 2 is 2.00 bits per heavy atom. The molecule has 0 aliphatic rings. The van der Waals surface area contributed by atoms with Crippen molar-refractivity contribution in [3.05, 3.63) is 62.3 Å². The average Bonchev–Trinajstić information content (AvgIpc) is 2.51. The summed E-state index contributed by atoms with van der Waals surface area (Å²) in [7, 11) is 0. The first-order chi connectivity index (χ1) is 10.6. The highest BCUT2D eigenvalue weighted by Crippen LogP contribution is 2.10. The molecule has 6 nitrogen and oxygen atoms in total. The largest absolute Gasteiger partial charge is 0.494 e. The standard InChI is InChI=1S/C16H19N3O3/c1-2-3-9-17-10-13-14(20)18-16(22)19(15(13)21)11-12-7-5-4-6-8-12/h4-8,10,21H,2-3,9,11H2,1H3,(H,18,20,22). The number of aromatic hydroxyl groups is 1. The fourth-order valence-corrected chi connectivity index (χ4v) is 2.01. The first-order valence-electron chi connectivity index (χ1n) is 7.23. The van der Waals surface area contributed by atoms with Gasteiger partial charge in [-0.2, -0.15) is 0 Å². The van der Waals surface area contributed by atoms with Gasteiger partial charge in [0.1, 0.15) is 5.56 Å². The number of rotatable bonds is 6. The first kappa shape index (κ1) is 15.8. The Kier molecular flexibility index (Phi) is 5.30. The molecule has 2 N–H and O–H groups in total. The summed E-state index contributed by atoms with van der Waals surface area (Å²) in [6, 6.07) is 9.23. The van der Waals surface area contributed by atoms with Crippen molar-refractivity contribution in [1.82, 2.24) is 9.55 Å². The zero-order valence-electron chi connectivity index (χ0n) is 12.5. The number of hydrogen-bond donors (Lipinski definition) is 2. The zero-order valence-corrected chi connectivity index (χ0v) is 12.5. The summed E-state index contributed by atoms with van der Waals surface area (Å²) in [5.41, 5.74) is -0.420. The van der Waals surface area contributed by atoms with E-state index in [-0.39, 0.29) is 18.0 Å². The maximum atomic E-state index is 11.9. The summed E-state index contributed by atoms with van der Waals surface area (Å²) in [4.78, 5) is 30.0. The molecule has 0 saturated carbocycles. The number of aromatic amines is 1. The number of benzene rings is 1. The van der Waals surface area contributed by atoms with Gasteiger partial charge < -0.3 is 5.11 Å². The van der Waals surface area contributed by atoms with Gasteiger partial charge in [0.05, 0.1) is 6.54 Å². The van der Waals surface area contributed by atoms with Crippen molar-refractivity contribution in [3.8, 4) is 5.88 Å². The van der Waals surface area contributed by atoms with E-state index in [0.717, 1.165) is 23.0 Å². The van der Waals surface area contributed by atoms with Crippen LogP contribution >= 0.6 is 0 Å². The third-order valence-corrected chi connectivity index (χ3v) is 3.25. The molecular weight excluding hydrogens is 282 g/mol. The molecular formula is C16H19N3O3. The van der Waals surface area contributed by atoms with Crippen LogP contribution in [0.25, 0.3) is 0 Å². The van der Waals surface area contributed by atoms with Gasteiger partial charge in [-0.05, 0) is 12.0 Å². The van der Waals surface area contributed by atoms with Crippen LogP contribution in [0, 0.1) is 0 Å². The molecule has 0 fully saturated rings. The van der Waals surface area contributed by atoms with E-state index in [1.165, 1.54) is 6.21 Å². The number of nitrogens with one attached hydrogen (secondary N) is 1. The minimum atomic E-state index is -0.642. The highest BCUT2D eigenvalue weighted by molar-refractivity contribution is 5.81. The number of hydrogen-bond acceptors (Lipinski definition) is 4. The minimum Gasteiger partial charge on any atom is -0.494 e. The van der Waals surface area contributed by atoms with Gasteiger partial charge in [0.2, 0.25) is 5.88 Å². The Bertz CT molecular complexity index is 760. The van der Waals surface area contributed by atoms with Crippen LogP contribution in [0.2, 0.25) is 0 Å². The van der Waals surface area contributed by atoms with E-state index in [2.05, 4.69) is 9.98 Å². The van der Waals surface area contributed by atoms with Gasteiger partial charge in [0.25, 0.3) is 5.56 Å². The molecule has 0 bridgehead atoms. The van der Waals surface area contributed by atoms with Gasteiger partial charge in [0, 0.05) is 12.8 Å². The molecule has 22 heavy (non-hydrogen) atoms. The van der Waals surface area contributed by atoms with E-state index < -0.39 is 11.2 Å². The first-order valence-corrected chi connectivity index (χ1v) is 7.23. The lowest BCUT2D eigenvalue weighted by Gasteiger charge is -2.09. The van der Waals surface area contributed by atoms with Crippen molar-refractivity contribution in [2.24, 2.45) is 4.99 Å². The van der Waals surface area contributed by atoms with Crippen molar-refractivity contribution in [2.75, 3.05) is 6.54 Å². The molecule has 1 aromatic heterocycles. The number of unbranched alkanes of at least 4 members (excludes halogenated alkanes) is 1. The Hall–Kier alpha value is -2.63. The maximum absolute atomic E-state index is 11.9. The van der Waals surface area contributed by atoms with E-state index in [1.54, 1.807) is 0 Å². The van der Waals surface area contributed by atoms with Gasteiger partial charge >= 0.3 is 5.69 Å². The summed E-state index contributed by atoms with van der Waals surface area (Å²) < 4.78 is 1.12. The highest BCUT2D eigenvalue weighted by atomic mass is 16.3. The topological polar surface area (TPSA) is 87.4 Å². The normalized spacial score (nSPS) is 11.1. The van der Waals surface area contributed by atoms with Crippen LogP contribution in [0.4, 0.5) is 0 Å². The van der Waals surface area contributed by atoms with Crippen LogP contribution in [0.5, 0.6) is 5.88 Å². The lowest BCUT2D eigenvalue weighted by atomic mass is 10.2. The third-order valence-electron chi connectivity index (χ3n) is 3.25. The number of nitrogens with zero attached hydrogens (tertiary/aromatic N) is 2.